The van der Waals surface area contributed by atoms with Crippen LogP contribution in [0.2, 0.25) is 5.02 Å². The third-order valence-electron chi connectivity index (χ3n) is 5.05. The Morgan fingerprint density at radius 1 is 1.26 bits per heavy atom. The number of thiophene rings is 1. The second-order valence-corrected chi connectivity index (χ2v) is 9.51. The second-order valence-electron chi connectivity index (χ2n) is 7.97. The van der Waals surface area contributed by atoms with E-state index in [1.165, 1.54) is 11.3 Å². The predicted molar refractivity (Wildman–Crippen MR) is 112 cm³/mol. The Bertz CT molecular complexity index is 886. The number of nitrogens with two attached hydrogens (primary N) is 1. The SMILES string of the molecule is CC(C)(C)[C@H]1CCc2c(sc(NC(=O)Nc3cccc(Cl)c3)c2C(N)=O)C1. The predicted octanol–water partition coefficient (Wildman–Crippen LogP) is 5.30. The lowest BCUT2D eigenvalue weighted by Gasteiger charge is -2.33. The monoisotopic (exact) mass is 405 g/mol. The number of urea groups is 1. The van der Waals surface area contributed by atoms with E-state index in [2.05, 4.69) is 31.4 Å². The van der Waals surface area contributed by atoms with Gasteiger partial charge in [0.2, 0.25) is 0 Å². The Labute approximate surface area is 168 Å². The fourth-order valence-electron chi connectivity index (χ4n) is 3.51. The van der Waals surface area contributed by atoms with Gasteiger partial charge in [0, 0.05) is 15.6 Å². The zero-order chi connectivity index (χ0) is 19.8. The maximum absolute atomic E-state index is 12.4. The molecule has 1 aliphatic rings. The molecule has 0 unspecified atom stereocenters. The van der Waals surface area contributed by atoms with Crippen molar-refractivity contribution in [2.24, 2.45) is 17.1 Å². The number of primary amides is 1. The number of amides is 3. The number of carbonyl (C=O) groups is 2. The highest BCUT2D eigenvalue weighted by Gasteiger charge is 2.33. The van der Waals surface area contributed by atoms with Crippen LogP contribution in [0, 0.1) is 11.3 Å². The fraction of sp³-hybridized carbons (Fsp3) is 0.400. The molecule has 144 valence electrons. The van der Waals surface area contributed by atoms with Crippen LogP contribution in [0.3, 0.4) is 0 Å². The molecular weight excluding hydrogens is 382 g/mol. The Morgan fingerprint density at radius 3 is 2.63 bits per heavy atom. The Kier molecular flexibility index (Phi) is 5.49. The molecule has 5 nitrogen and oxygen atoms in total. The average Bonchev–Trinajstić information content (AvgIpc) is 2.90. The molecule has 1 aromatic heterocycles. The van der Waals surface area contributed by atoms with Crippen molar-refractivity contribution in [3.05, 3.63) is 45.3 Å². The lowest BCUT2D eigenvalue weighted by Crippen LogP contribution is -2.27. The fourth-order valence-corrected chi connectivity index (χ4v) is 5.02. The molecule has 27 heavy (non-hydrogen) atoms. The highest BCUT2D eigenvalue weighted by molar-refractivity contribution is 7.17. The van der Waals surface area contributed by atoms with Crippen molar-refractivity contribution in [2.45, 2.75) is 40.0 Å². The van der Waals surface area contributed by atoms with Crippen molar-refractivity contribution in [1.82, 2.24) is 0 Å². The lowest BCUT2D eigenvalue weighted by atomic mass is 9.72. The van der Waals surface area contributed by atoms with E-state index in [1.54, 1.807) is 24.3 Å². The molecule has 1 atom stereocenters. The molecule has 1 aromatic carbocycles. The van der Waals surface area contributed by atoms with Crippen LogP contribution >= 0.6 is 22.9 Å². The summed E-state index contributed by atoms with van der Waals surface area (Å²) in [4.78, 5) is 25.6. The van der Waals surface area contributed by atoms with Gasteiger partial charge >= 0.3 is 6.03 Å². The van der Waals surface area contributed by atoms with Gasteiger partial charge in [-0.25, -0.2) is 4.79 Å². The van der Waals surface area contributed by atoms with Crippen LogP contribution in [0.25, 0.3) is 0 Å². The van der Waals surface area contributed by atoms with Crippen LogP contribution < -0.4 is 16.4 Å². The number of fused-ring (bicyclic) bond motifs is 1. The third kappa shape index (κ3) is 4.45. The van der Waals surface area contributed by atoms with Crippen molar-refractivity contribution in [3.8, 4) is 0 Å². The molecule has 1 heterocycles. The van der Waals surface area contributed by atoms with Crippen molar-refractivity contribution in [1.29, 1.82) is 0 Å². The number of hydrogen-bond acceptors (Lipinski definition) is 3. The molecule has 4 N–H and O–H groups in total. The van der Waals surface area contributed by atoms with E-state index >= 15 is 0 Å². The summed E-state index contributed by atoms with van der Waals surface area (Å²) in [6, 6.07) is 6.46. The topological polar surface area (TPSA) is 84.2 Å². The van der Waals surface area contributed by atoms with Crippen LogP contribution in [0.4, 0.5) is 15.5 Å². The van der Waals surface area contributed by atoms with Gasteiger partial charge in [-0.05, 0) is 54.4 Å². The zero-order valence-corrected chi connectivity index (χ0v) is 17.3. The van der Waals surface area contributed by atoms with Crippen molar-refractivity contribution in [2.75, 3.05) is 10.6 Å². The largest absolute Gasteiger partial charge is 0.365 e. The first kappa shape index (κ1) is 19.7. The van der Waals surface area contributed by atoms with Gasteiger partial charge in [-0.3, -0.25) is 10.1 Å². The van der Waals surface area contributed by atoms with Gasteiger partial charge in [0.15, 0.2) is 0 Å². The molecule has 0 spiro atoms. The molecule has 0 aliphatic heterocycles. The molecule has 3 rings (SSSR count). The van der Waals surface area contributed by atoms with Crippen LogP contribution in [0.5, 0.6) is 0 Å². The highest BCUT2D eigenvalue weighted by atomic mass is 35.5. The maximum Gasteiger partial charge on any atom is 0.324 e. The second kappa shape index (κ2) is 7.52. The van der Waals surface area contributed by atoms with Gasteiger partial charge in [-0.15, -0.1) is 11.3 Å². The average molecular weight is 406 g/mol. The van der Waals surface area contributed by atoms with E-state index in [-0.39, 0.29) is 5.41 Å². The summed E-state index contributed by atoms with van der Waals surface area (Å²) in [6.07, 6.45) is 2.73. The first-order chi connectivity index (χ1) is 12.6. The first-order valence-electron chi connectivity index (χ1n) is 8.93. The number of anilines is 2. The summed E-state index contributed by atoms with van der Waals surface area (Å²) in [5.74, 6) is 0.0391. The van der Waals surface area contributed by atoms with E-state index in [9.17, 15) is 9.59 Å². The minimum Gasteiger partial charge on any atom is -0.365 e. The standard InChI is InChI=1S/C20H24ClN3O2S/c1-20(2,3)11-7-8-14-15(9-11)27-18(16(14)17(22)25)24-19(26)23-13-6-4-5-12(21)10-13/h4-6,10-11H,7-9H2,1-3H3,(H2,22,25)(H2,23,24,26)/t11-/m0/s1. The third-order valence-corrected chi connectivity index (χ3v) is 6.45. The van der Waals surface area contributed by atoms with Crippen molar-refractivity contribution in [3.63, 3.8) is 0 Å². The summed E-state index contributed by atoms with van der Waals surface area (Å²) in [5.41, 5.74) is 7.85. The molecule has 0 saturated heterocycles. The van der Waals surface area contributed by atoms with Gasteiger partial charge in [-0.2, -0.15) is 0 Å². The van der Waals surface area contributed by atoms with Crippen molar-refractivity contribution < 1.29 is 9.59 Å². The summed E-state index contributed by atoms with van der Waals surface area (Å²) in [6.45, 7) is 6.72. The smallest absolute Gasteiger partial charge is 0.324 e. The van der Waals surface area contributed by atoms with Crippen LogP contribution in [0.1, 0.15) is 48.0 Å². The van der Waals surface area contributed by atoms with E-state index < -0.39 is 11.9 Å². The summed E-state index contributed by atoms with van der Waals surface area (Å²) in [5, 5.41) is 6.57. The van der Waals surface area contributed by atoms with Crippen molar-refractivity contribution >= 4 is 45.6 Å². The van der Waals surface area contributed by atoms with E-state index in [1.807, 2.05) is 0 Å². The van der Waals surface area contributed by atoms with Crippen LogP contribution in [0.15, 0.2) is 24.3 Å². The molecule has 3 amide bonds. The summed E-state index contributed by atoms with van der Waals surface area (Å²) >= 11 is 7.40. The Balaban J connectivity index is 1.82. The number of rotatable bonds is 3. The van der Waals surface area contributed by atoms with Gasteiger partial charge in [0.05, 0.1) is 5.56 Å². The molecule has 1 aliphatic carbocycles. The van der Waals surface area contributed by atoms with E-state index in [0.29, 0.717) is 27.2 Å². The van der Waals surface area contributed by atoms with E-state index in [0.717, 1.165) is 29.7 Å². The summed E-state index contributed by atoms with van der Waals surface area (Å²) in [7, 11) is 0. The van der Waals surface area contributed by atoms with Crippen LogP contribution in [-0.4, -0.2) is 11.9 Å². The van der Waals surface area contributed by atoms with E-state index in [4.69, 9.17) is 17.3 Å². The Morgan fingerprint density at radius 2 is 2.00 bits per heavy atom. The first-order valence-corrected chi connectivity index (χ1v) is 10.1. The molecule has 0 radical (unpaired) electrons. The lowest BCUT2D eigenvalue weighted by molar-refractivity contribution is 0.1000. The maximum atomic E-state index is 12.4. The number of nitrogens with one attached hydrogen (secondary N) is 2. The number of benzene rings is 1. The van der Waals surface area contributed by atoms with Gasteiger partial charge in [0.25, 0.3) is 5.91 Å². The highest BCUT2D eigenvalue weighted by Crippen LogP contribution is 2.44. The van der Waals surface area contributed by atoms with Gasteiger partial charge < -0.3 is 11.1 Å². The minimum atomic E-state index is -0.500. The number of carbonyl (C=O) groups excluding carboxylic acids is 2. The van der Waals surface area contributed by atoms with Gasteiger partial charge in [-0.1, -0.05) is 38.4 Å². The van der Waals surface area contributed by atoms with Gasteiger partial charge in [0.1, 0.15) is 5.00 Å². The molecule has 0 fully saturated rings. The van der Waals surface area contributed by atoms with Crippen LogP contribution in [-0.2, 0) is 12.8 Å². The number of hydrogen-bond donors (Lipinski definition) is 3. The zero-order valence-electron chi connectivity index (χ0n) is 15.7. The normalized spacial score (nSPS) is 16.5. The quantitative estimate of drug-likeness (QED) is 0.647. The Hall–Kier alpha value is -2.05. The molecular formula is C20H24ClN3O2S. The molecule has 2 aromatic rings. The molecule has 0 saturated carbocycles. The summed E-state index contributed by atoms with van der Waals surface area (Å²) < 4.78 is 0. The minimum absolute atomic E-state index is 0.201. The number of halogens is 1. The molecule has 7 heteroatoms. The molecule has 0 bridgehead atoms.